The molecule has 0 saturated carbocycles. The van der Waals surface area contributed by atoms with Crippen molar-refractivity contribution < 1.29 is 9.59 Å². The van der Waals surface area contributed by atoms with Crippen molar-refractivity contribution in [2.45, 2.75) is 13.0 Å². The molecule has 19 heavy (non-hydrogen) atoms. The Labute approximate surface area is 116 Å². The smallest absolute Gasteiger partial charge is 0.247 e. The van der Waals surface area contributed by atoms with Crippen LogP contribution in [0.1, 0.15) is 23.5 Å². The number of halogens is 1. The molecule has 0 saturated heterocycles. The van der Waals surface area contributed by atoms with E-state index in [2.05, 4.69) is 5.32 Å². The number of aromatic nitrogens is 1. The van der Waals surface area contributed by atoms with Gasteiger partial charge in [-0.2, -0.15) is 0 Å². The Balaban J connectivity index is 2.11. The summed E-state index contributed by atoms with van der Waals surface area (Å²) in [5, 5.41) is 3.38. The maximum atomic E-state index is 12.1. The van der Waals surface area contributed by atoms with Crippen molar-refractivity contribution in [3.05, 3.63) is 53.3 Å². The van der Waals surface area contributed by atoms with Crippen LogP contribution >= 0.6 is 11.6 Å². The number of nitrogens with one attached hydrogen (secondary N) is 1. The minimum Gasteiger partial charge on any atom is -0.333 e. The fraction of sp³-hybridized carbons (Fsp3) is 0.143. The number of benzene rings is 1. The van der Waals surface area contributed by atoms with Crippen LogP contribution in [0, 0.1) is 0 Å². The average Bonchev–Trinajstić information content (AvgIpc) is 2.88. The van der Waals surface area contributed by atoms with Crippen LogP contribution in [-0.2, 0) is 4.79 Å². The standard InChI is InChI=1S/C14H13ClN2O2/c1-10(17-8-2-3-13(17)9-18)14(19)16-12-6-4-11(15)5-7-12/h2-10H,1H3,(H,16,19). The Kier molecular flexibility index (Phi) is 4.02. The Bertz CT molecular complexity index is 590. The van der Waals surface area contributed by atoms with E-state index in [0.717, 1.165) is 6.29 Å². The van der Waals surface area contributed by atoms with E-state index >= 15 is 0 Å². The summed E-state index contributed by atoms with van der Waals surface area (Å²) in [6.07, 6.45) is 2.43. The van der Waals surface area contributed by atoms with E-state index in [1.807, 2.05) is 0 Å². The average molecular weight is 277 g/mol. The molecule has 1 amide bonds. The highest BCUT2D eigenvalue weighted by atomic mass is 35.5. The molecule has 2 aromatic rings. The first kappa shape index (κ1) is 13.4. The molecule has 2 rings (SSSR count). The molecule has 1 aromatic heterocycles. The van der Waals surface area contributed by atoms with Crippen LogP contribution in [0.5, 0.6) is 0 Å². The van der Waals surface area contributed by atoms with Gasteiger partial charge in [-0.1, -0.05) is 11.6 Å². The summed E-state index contributed by atoms with van der Waals surface area (Å²) >= 11 is 5.78. The second kappa shape index (κ2) is 5.71. The largest absolute Gasteiger partial charge is 0.333 e. The van der Waals surface area contributed by atoms with Crippen LogP contribution in [-0.4, -0.2) is 16.8 Å². The first-order chi connectivity index (χ1) is 9.11. The maximum Gasteiger partial charge on any atom is 0.247 e. The van der Waals surface area contributed by atoms with Gasteiger partial charge in [-0.25, -0.2) is 0 Å². The van der Waals surface area contributed by atoms with E-state index in [-0.39, 0.29) is 5.91 Å². The third kappa shape index (κ3) is 3.03. The number of nitrogens with zero attached hydrogens (tertiary/aromatic N) is 1. The van der Waals surface area contributed by atoms with Gasteiger partial charge in [-0.3, -0.25) is 9.59 Å². The molecule has 0 aliphatic heterocycles. The lowest BCUT2D eigenvalue weighted by Gasteiger charge is -2.15. The molecule has 0 bridgehead atoms. The highest BCUT2D eigenvalue weighted by Gasteiger charge is 2.16. The zero-order valence-electron chi connectivity index (χ0n) is 10.3. The summed E-state index contributed by atoms with van der Waals surface area (Å²) in [6, 6.07) is 9.79. The molecule has 1 heterocycles. The van der Waals surface area contributed by atoms with Gasteiger partial charge in [0, 0.05) is 16.9 Å². The first-order valence-electron chi connectivity index (χ1n) is 5.80. The van der Waals surface area contributed by atoms with Gasteiger partial charge < -0.3 is 9.88 Å². The number of rotatable bonds is 4. The fourth-order valence-corrected chi connectivity index (χ4v) is 1.89. The lowest BCUT2D eigenvalue weighted by Crippen LogP contribution is -2.24. The lowest BCUT2D eigenvalue weighted by atomic mass is 10.2. The second-order valence-electron chi connectivity index (χ2n) is 4.13. The van der Waals surface area contributed by atoms with Crippen molar-refractivity contribution in [1.82, 2.24) is 4.57 Å². The van der Waals surface area contributed by atoms with Gasteiger partial charge >= 0.3 is 0 Å². The van der Waals surface area contributed by atoms with E-state index < -0.39 is 6.04 Å². The predicted octanol–water partition coefficient (Wildman–Crippen LogP) is 3.15. The lowest BCUT2D eigenvalue weighted by molar-refractivity contribution is -0.118. The molecular formula is C14H13ClN2O2. The minimum atomic E-state index is -0.467. The van der Waals surface area contributed by atoms with Crippen LogP contribution in [0.2, 0.25) is 5.02 Å². The summed E-state index contributed by atoms with van der Waals surface area (Å²) in [5.74, 6) is -0.193. The Morgan fingerprint density at radius 1 is 1.32 bits per heavy atom. The van der Waals surface area contributed by atoms with E-state index in [0.29, 0.717) is 16.4 Å². The Morgan fingerprint density at radius 2 is 2.00 bits per heavy atom. The molecule has 98 valence electrons. The summed E-state index contributed by atoms with van der Waals surface area (Å²) in [7, 11) is 0. The molecule has 1 unspecified atom stereocenters. The fourth-order valence-electron chi connectivity index (χ4n) is 1.77. The highest BCUT2D eigenvalue weighted by Crippen LogP contribution is 2.16. The molecule has 0 spiro atoms. The number of hydrogen-bond donors (Lipinski definition) is 1. The van der Waals surface area contributed by atoms with Gasteiger partial charge in [0.05, 0.1) is 5.69 Å². The number of anilines is 1. The summed E-state index contributed by atoms with van der Waals surface area (Å²) in [6.45, 7) is 1.73. The van der Waals surface area contributed by atoms with Crippen LogP contribution < -0.4 is 5.32 Å². The SMILES string of the molecule is CC(C(=O)Nc1ccc(Cl)cc1)n1cccc1C=O. The van der Waals surface area contributed by atoms with Gasteiger partial charge in [0.2, 0.25) is 5.91 Å². The predicted molar refractivity (Wildman–Crippen MR) is 74.6 cm³/mol. The molecule has 0 fully saturated rings. The zero-order chi connectivity index (χ0) is 13.8. The van der Waals surface area contributed by atoms with Crippen LogP contribution in [0.4, 0.5) is 5.69 Å². The van der Waals surface area contributed by atoms with Crippen LogP contribution in [0.3, 0.4) is 0 Å². The van der Waals surface area contributed by atoms with Crippen molar-refractivity contribution in [3.8, 4) is 0 Å². The van der Waals surface area contributed by atoms with E-state index in [4.69, 9.17) is 11.6 Å². The number of hydrogen-bond acceptors (Lipinski definition) is 2. The quantitative estimate of drug-likeness (QED) is 0.872. The van der Waals surface area contributed by atoms with Crippen molar-refractivity contribution in [3.63, 3.8) is 0 Å². The summed E-state index contributed by atoms with van der Waals surface area (Å²) in [5.41, 5.74) is 1.14. The van der Waals surface area contributed by atoms with Crippen molar-refractivity contribution >= 4 is 29.5 Å². The van der Waals surface area contributed by atoms with Crippen LogP contribution in [0.25, 0.3) is 0 Å². The molecular weight excluding hydrogens is 264 g/mol. The van der Waals surface area contributed by atoms with Crippen molar-refractivity contribution in [2.24, 2.45) is 0 Å². The molecule has 0 aliphatic rings. The van der Waals surface area contributed by atoms with E-state index in [1.54, 1.807) is 54.1 Å². The van der Waals surface area contributed by atoms with Gasteiger partial charge in [0.1, 0.15) is 6.04 Å². The third-order valence-electron chi connectivity index (χ3n) is 2.84. The molecule has 1 atom stereocenters. The Hall–Kier alpha value is -2.07. The number of carbonyl (C=O) groups excluding carboxylic acids is 2. The van der Waals surface area contributed by atoms with Gasteiger partial charge in [-0.05, 0) is 43.3 Å². The molecule has 1 aromatic carbocycles. The normalized spacial score (nSPS) is 11.9. The molecule has 4 nitrogen and oxygen atoms in total. The maximum absolute atomic E-state index is 12.1. The number of carbonyl (C=O) groups is 2. The topological polar surface area (TPSA) is 51.1 Å². The minimum absolute atomic E-state index is 0.193. The number of aldehydes is 1. The zero-order valence-corrected chi connectivity index (χ0v) is 11.1. The molecule has 1 N–H and O–H groups in total. The third-order valence-corrected chi connectivity index (χ3v) is 3.09. The Morgan fingerprint density at radius 3 is 2.63 bits per heavy atom. The van der Waals surface area contributed by atoms with E-state index in [1.165, 1.54) is 0 Å². The highest BCUT2D eigenvalue weighted by molar-refractivity contribution is 6.30. The van der Waals surface area contributed by atoms with E-state index in [9.17, 15) is 9.59 Å². The summed E-state index contributed by atoms with van der Waals surface area (Å²) in [4.78, 5) is 22.9. The second-order valence-corrected chi connectivity index (χ2v) is 4.57. The van der Waals surface area contributed by atoms with Crippen LogP contribution in [0.15, 0.2) is 42.6 Å². The van der Waals surface area contributed by atoms with Crippen molar-refractivity contribution in [2.75, 3.05) is 5.32 Å². The van der Waals surface area contributed by atoms with Crippen molar-refractivity contribution in [1.29, 1.82) is 0 Å². The summed E-state index contributed by atoms with van der Waals surface area (Å²) < 4.78 is 1.62. The van der Waals surface area contributed by atoms with Gasteiger partial charge in [-0.15, -0.1) is 0 Å². The number of amides is 1. The first-order valence-corrected chi connectivity index (χ1v) is 6.18. The van der Waals surface area contributed by atoms with Gasteiger partial charge in [0.15, 0.2) is 6.29 Å². The van der Waals surface area contributed by atoms with Gasteiger partial charge in [0.25, 0.3) is 0 Å². The molecule has 0 radical (unpaired) electrons. The monoisotopic (exact) mass is 276 g/mol. The molecule has 0 aliphatic carbocycles. The molecule has 5 heteroatoms.